The van der Waals surface area contributed by atoms with Gasteiger partial charge in [0.1, 0.15) is 0 Å². The second-order valence-corrected chi connectivity index (χ2v) is 7.87. The Bertz CT molecular complexity index is 1130. The molecule has 0 spiro atoms. The van der Waals surface area contributed by atoms with Gasteiger partial charge in [0.2, 0.25) is 0 Å². The van der Waals surface area contributed by atoms with Crippen LogP contribution in [0.25, 0.3) is 11.3 Å². The smallest absolute Gasteiger partial charge is 0.278 e. The Balaban J connectivity index is 0.00000306. The monoisotopic (exact) mass is 467 g/mol. The van der Waals surface area contributed by atoms with Crippen molar-refractivity contribution in [1.29, 1.82) is 0 Å². The van der Waals surface area contributed by atoms with Gasteiger partial charge in [0.25, 0.3) is 11.8 Å². The molecule has 0 radical (unpaired) electrons. The third-order valence-corrected chi connectivity index (χ3v) is 5.45. The van der Waals surface area contributed by atoms with Crippen LogP contribution in [0.2, 0.25) is 0 Å². The molecule has 10 heteroatoms. The van der Waals surface area contributed by atoms with Crippen LogP contribution in [0.4, 0.5) is 11.5 Å². The van der Waals surface area contributed by atoms with Crippen LogP contribution in [0.3, 0.4) is 0 Å². The van der Waals surface area contributed by atoms with E-state index in [4.69, 9.17) is 5.73 Å². The Hall–Kier alpha value is -3.56. The number of nitrogens with one attached hydrogen (secondary N) is 1. The van der Waals surface area contributed by atoms with Gasteiger partial charge in [-0.1, -0.05) is 12.1 Å². The molecule has 4 rings (SSSR count). The molecule has 0 saturated carbocycles. The lowest BCUT2D eigenvalue weighted by Gasteiger charge is -2.38. The Morgan fingerprint density at radius 1 is 1.12 bits per heavy atom. The van der Waals surface area contributed by atoms with E-state index in [2.05, 4.69) is 39.1 Å². The topological polar surface area (TPSA) is 117 Å². The molecule has 1 aromatic carbocycles. The van der Waals surface area contributed by atoms with E-state index >= 15 is 0 Å². The van der Waals surface area contributed by atoms with E-state index in [-0.39, 0.29) is 35.9 Å². The van der Waals surface area contributed by atoms with Crippen molar-refractivity contribution in [2.45, 2.75) is 13.0 Å². The minimum Gasteiger partial charge on any atom is -0.382 e. The van der Waals surface area contributed by atoms with Gasteiger partial charge in [-0.2, -0.15) is 0 Å². The maximum atomic E-state index is 12.9. The SMILES string of the molecule is CC1CN(C)CCN1C(=O)c1ccc(-c2cnc(N)c(C(=O)Nc3cccnc3)n2)cc1.Cl. The van der Waals surface area contributed by atoms with Crippen molar-refractivity contribution in [2.75, 3.05) is 37.7 Å². The molecule has 0 aliphatic carbocycles. The number of benzene rings is 1. The van der Waals surface area contributed by atoms with E-state index < -0.39 is 5.91 Å². The lowest BCUT2D eigenvalue weighted by atomic mass is 10.1. The molecule has 1 unspecified atom stereocenters. The van der Waals surface area contributed by atoms with Crippen LogP contribution < -0.4 is 11.1 Å². The maximum absolute atomic E-state index is 12.9. The Labute approximate surface area is 198 Å². The van der Waals surface area contributed by atoms with Crippen molar-refractivity contribution < 1.29 is 9.59 Å². The minimum absolute atomic E-state index is 0. The number of halogens is 1. The number of carbonyl (C=O) groups excluding carboxylic acids is 2. The fourth-order valence-electron chi connectivity index (χ4n) is 3.72. The highest BCUT2D eigenvalue weighted by molar-refractivity contribution is 6.05. The summed E-state index contributed by atoms with van der Waals surface area (Å²) in [5.41, 5.74) is 8.28. The zero-order chi connectivity index (χ0) is 22.7. The van der Waals surface area contributed by atoms with Gasteiger partial charge >= 0.3 is 0 Å². The molecular formula is C23H26ClN7O2. The normalized spacial score (nSPS) is 16.1. The predicted octanol–water partition coefficient (Wildman–Crippen LogP) is 2.57. The Kier molecular flexibility index (Phi) is 7.57. The van der Waals surface area contributed by atoms with Crippen molar-refractivity contribution in [2.24, 2.45) is 0 Å². The van der Waals surface area contributed by atoms with Crippen LogP contribution in [0.15, 0.2) is 55.0 Å². The zero-order valence-electron chi connectivity index (χ0n) is 18.4. The number of aromatic nitrogens is 3. The molecule has 1 aliphatic heterocycles. The summed E-state index contributed by atoms with van der Waals surface area (Å²) >= 11 is 0. The summed E-state index contributed by atoms with van der Waals surface area (Å²) in [5.74, 6) is -0.427. The molecule has 1 saturated heterocycles. The molecule has 172 valence electrons. The van der Waals surface area contributed by atoms with E-state index in [1.54, 1.807) is 42.6 Å². The van der Waals surface area contributed by atoms with Gasteiger partial charge in [0, 0.05) is 43.0 Å². The van der Waals surface area contributed by atoms with E-state index in [1.165, 1.54) is 12.4 Å². The average molecular weight is 468 g/mol. The molecule has 1 aliphatic rings. The predicted molar refractivity (Wildman–Crippen MR) is 129 cm³/mol. The number of likely N-dealkylation sites (N-methyl/N-ethyl adjacent to an activating group) is 1. The van der Waals surface area contributed by atoms with Crippen molar-refractivity contribution in [1.82, 2.24) is 24.8 Å². The minimum atomic E-state index is -0.472. The molecule has 33 heavy (non-hydrogen) atoms. The van der Waals surface area contributed by atoms with Crippen LogP contribution in [-0.4, -0.2) is 69.3 Å². The highest BCUT2D eigenvalue weighted by Crippen LogP contribution is 2.21. The first kappa shape index (κ1) is 24.1. The van der Waals surface area contributed by atoms with E-state index in [0.717, 1.165) is 18.7 Å². The number of carbonyl (C=O) groups is 2. The number of hydrogen-bond acceptors (Lipinski definition) is 7. The summed E-state index contributed by atoms with van der Waals surface area (Å²) in [7, 11) is 2.06. The number of amides is 2. The van der Waals surface area contributed by atoms with Crippen molar-refractivity contribution in [3.8, 4) is 11.3 Å². The third kappa shape index (κ3) is 5.44. The van der Waals surface area contributed by atoms with E-state index in [9.17, 15) is 9.59 Å². The number of hydrogen-bond donors (Lipinski definition) is 2. The maximum Gasteiger partial charge on any atom is 0.278 e. The molecule has 2 amide bonds. The first-order valence-corrected chi connectivity index (χ1v) is 10.4. The molecule has 3 N–H and O–H groups in total. The lowest BCUT2D eigenvalue weighted by Crippen LogP contribution is -2.52. The summed E-state index contributed by atoms with van der Waals surface area (Å²) in [6.45, 7) is 4.48. The Morgan fingerprint density at radius 2 is 1.88 bits per heavy atom. The fourth-order valence-corrected chi connectivity index (χ4v) is 3.72. The van der Waals surface area contributed by atoms with Gasteiger partial charge in [-0.05, 0) is 38.2 Å². The van der Waals surface area contributed by atoms with Gasteiger partial charge in [0.15, 0.2) is 11.5 Å². The number of piperazine rings is 1. The largest absolute Gasteiger partial charge is 0.382 e. The third-order valence-electron chi connectivity index (χ3n) is 5.45. The molecular weight excluding hydrogens is 442 g/mol. The molecule has 2 aromatic heterocycles. The van der Waals surface area contributed by atoms with Crippen LogP contribution in [0.1, 0.15) is 27.8 Å². The van der Waals surface area contributed by atoms with Gasteiger partial charge in [0.05, 0.1) is 23.8 Å². The van der Waals surface area contributed by atoms with Gasteiger partial charge in [-0.3, -0.25) is 14.6 Å². The number of nitrogens with two attached hydrogens (primary N) is 1. The van der Waals surface area contributed by atoms with Crippen LogP contribution in [0.5, 0.6) is 0 Å². The molecule has 9 nitrogen and oxygen atoms in total. The van der Waals surface area contributed by atoms with Crippen LogP contribution >= 0.6 is 12.4 Å². The summed E-state index contributed by atoms with van der Waals surface area (Å²) < 4.78 is 0. The zero-order valence-corrected chi connectivity index (χ0v) is 19.2. The van der Waals surface area contributed by atoms with Crippen molar-refractivity contribution in [3.05, 3.63) is 66.2 Å². The number of nitrogens with zero attached hydrogens (tertiary/aromatic N) is 5. The number of anilines is 2. The lowest BCUT2D eigenvalue weighted by molar-refractivity contribution is 0.0533. The van der Waals surface area contributed by atoms with Gasteiger partial charge in [-0.25, -0.2) is 9.97 Å². The number of rotatable bonds is 4. The molecule has 1 atom stereocenters. The summed E-state index contributed by atoms with van der Waals surface area (Å²) in [5, 5.41) is 2.71. The summed E-state index contributed by atoms with van der Waals surface area (Å²) in [6, 6.07) is 10.7. The van der Waals surface area contributed by atoms with E-state index in [0.29, 0.717) is 23.5 Å². The van der Waals surface area contributed by atoms with Gasteiger partial charge in [-0.15, -0.1) is 12.4 Å². The standard InChI is InChI=1S/C23H25N7O2.ClH/c1-15-14-29(2)10-11-30(15)23(32)17-7-5-16(6-8-17)19-13-26-21(24)20(28-19)22(31)27-18-4-3-9-25-12-18;/h3-9,12-13,15H,10-11,14H2,1-2H3,(H2,24,26)(H,27,31);1H. The van der Waals surface area contributed by atoms with Gasteiger partial charge < -0.3 is 20.9 Å². The summed E-state index contributed by atoms with van der Waals surface area (Å²) in [6.07, 6.45) is 4.65. The second-order valence-electron chi connectivity index (χ2n) is 7.87. The summed E-state index contributed by atoms with van der Waals surface area (Å²) in [4.78, 5) is 42.2. The van der Waals surface area contributed by atoms with Crippen LogP contribution in [0, 0.1) is 0 Å². The van der Waals surface area contributed by atoms with E-state index in [1.807, 2.05) is 4.90 Å². The highest BCUT2D eigenvalue weighted by Gasteiger charge is 2.26. The van der Waals surface area contributed by atoms with Crippen molar-refractivity contribution >= 4 is 35.7 Å². The number of nitrogen functional groups attached to an aromatic ring is 1. The molecule has 3 aromatic rings. The molecule has 3 heterocycles. The second kappa shape index (κ2) is 10.4. The molecule has 1 fully saturated rings. The average Bonchev–Trinajstić information content (AvgIpc) is 2.80. The Morgan fingerprint density at radius 3 is 2.55 bits per heavy atom. The number of pyridine rings is 1. The molecule has 0 bridgehead atoms. The highest BCUT2D eigenvalue weighted by atomic mass is 35.5. The van der Waals surface area contributed by atoms with Crippen molar-refractivity contribution in [3.63, 3.8) is 0 Å². The van der Waals surface area contributed by atoms with Crippen LogP contribution in [-0.2, 0) is 0 Å². The fraction of sp³-hybridized carbons (Fsp3) is 0.261. The quantitative estimate of drug-likeness (QED) is 0.605. The first-order chi connectivity index (χ1) is 15.4. The first-order valence-electron chi connectivity index (χ1n) is 10.4.